The molecule has 0 aromatic heterocycles. The number of hydrogen-bond donors (Lipinski definition) is 0. The van der Waals surface area contributed by atoms with Gasteiger partial charge in [-0.05, 0) is 72.6 Å². The van der Waals surface area contributed by atoms with Crippen LogP contribution in [0.1, 0.15) is 60.7 Å². The first-order valence-corrected chi connectivity index (χ1v) is 12.4. The first-order valence-electron chi connectivity index (χ1n) is 11.0. The summed E-state index contributed by atoms with van der Waals surface area (Å²) in [6, 6.07) is 10.6. The maximum atomic E-state index is 13.5. The predicted molar refractivity (Wildman–Crippen MR) is 121 cm³/mol. The summed E-state index contributed by atoms with van der Waals surface area (Å²) < 4.78 is 46.6. The number of fused-ring (bicyclic) bond motifs is 2. The molecule has 8 heteroatoms. The van der Waals surface area contributed by atoms with Crippen LogP contribution in [0, 0.1) is 16.6 Å². The normalized spacial score (nSPS) is 24.4. The third-order valence-corrected chi connectivity index (χ3v) is 8.44. The van der Waals surface area contributed by atoms with E-state index in [1.165, 1.54) is 36.4 Å². The SMILES string of the molecule is CC1(C)C[C@H]2C[C@](C)(CN2S(=O)(=O)c2cccc(C(=O)OCC(=O)c3ccc(F)cc3)c2)C1. The van der Waals surface area contributed by atoms with Crippen molar-refractivity contribution in [2.45, 2.75) is 51.0 Å². The average Bonchev–Trinajstić information content (AvgIpc) is 3.01. The van der Waals surface area contributed by atoms with E-state index in [-0.39, 0.29) is 32.9 Å². The van der Waals surface area contributed by atoms with E-state index in [9.17, 15) is 22.4 Å². The molecule has 6 nitrogen and oxygen atoms in total. The number of esters is 1. The highest BCUT2D eigenvalue weighted by atomic mass is 32.2. The van der Waals surface area contributed by atoms with Crippen molar-refractivity contribution in [3.05, 3.63) is 65.5 Å². The van der Waals surface area contributed by atoms with Crippen LogP contribution in [0.15, 0.2) is 53.4 Å². The Hall–Kier alpha value is -2.58. The summed E-state index contributed by atoms with van der Waals surface area (Å²) in [4.78, 5) is 24.7. The molecule has 0 radical (unpaired) electrons. The number of rotatable bonds is 6. The van der Waals surface area contributed by atoms with Crippen molar-refractivity contribution >= 4 is 21.8 Å². The molecule has 0 N–H and O–H groups in total. The number of ketones is 1. The van der Waals surface area contributed by atoms with Crippen molar-refractivity contribution in [1.29, 1.82) is 0 Å². The lowest BCUT2D eigenvalue weighted by atomic mass is 9.65. The highest BCUT2D eigenvalue weighted by Gasteiger charge is 2.53. The molecule has 2 aromatic carbocycles. The van der Waals surface area contributed by atoms with Gasteiger partial charge in [-0.15, -0.1) is 0 Å². The van der Waals surface area contributed by atoms with Gasteiger partial charge < -0.3 is 4.74 Å². The van der Waals surface area contributed by atoms with Crippen LogP contribution in [0.5, 0.6) is 0 Å². The van der Waals surface area contributed by atoms with Crippen LogP contribution in [0.2, 0.25) is 0 Å². The van der Waals surface area contributed by atoms with Crippen molar-refractivity contribution in [3.63, 3.8) is 0 Å². The first-order chi connectivity index (χ1) is 15.4. The standard InChI is InChI=1S/C25H28FNO5S/c1-24(2)12-20-13-25(3,15-24)16-27(20)33(30,31)21-6-4-5-18(11-21)23(29)32-14-22(28)17-7-9-19(26)10-8-17/h4-11,20H,12-16H2,1-3H3/t20-,25-/m0/s1. The second-order valence-electron chi connectivity index (χ2n) is 10.3. The molecule has 1 saturated heterocycles. The lowest BCUT2D eigenvalue weighted by Crippen LogP contribution is -2.37. The van der Waals surface area contributed by atoms with Crippen molar-refractivity contribution in [3.8, 4) is 0 Å². The summed E-state index contributed by atoms with van der Waals surface area (Å²) in [6.45, 7) is 6.44. The van der Waals surface area contributed by atoms with E-state index in [2.05, 4.69) is 20.8 Å². The zero-order valence-corrected chi connectivity index (χ0v) is 19.8. The number of carbonyl (C=O) groups excluding carboxylic acids is 2. The van der Waals surface area contributed by atoms with Gasteiger partial charge in [0.25, 0.3) is 0 Å². The molecule has 2 bridgehead atoms. The van der Waals surface area contributed by atoms with Gasteiger partial charge in [-0.25, -0.2) is 17.6 Å². The molecule has 0 unspecified atom stereocenters. The van der Waals surface area contributed by atoms with Gasteiger partial charge >= 0.3 is 5.97 Å². The molecule has 4 rings (SSSR count). The Morgan fingerprint density at radius 3 is 2.45 bits per heavy atom. The molecule has 33 heavy (non-hydrogen) atoms. The second-order valence-corrected chi connectivity index (χ2v) is 12.2. The van der Waals surface area contributed by atoms with Gasteiger partial charge in [-0.2, -0.15) is 4.31 Å². The van der Waals surface area contributed by atoms with Gasteiger partial charge in [0, 0.05) is 18.2 Å². The summed E-state index contributed by atoms with van der Waals surface area (Å²) in [6.07, 6.45) is 2.61. The maximum Gasteiger partial charge on any atom is 0.338 e. The molecule has 2 aromatic rings. The Labute approximate surface area is 193 Å². The minimum atomic E-state index is -3.79. The molecular formula is C25H28FNO5S. The molecule has 2 fully saturated rings. The number of hydrogen-bond acceptors (Lipinski definition) is 5. The van der Waals surface area contributed by atoms with Crippen LogP contribution in [-0.2, 0) is 14.8 Å². The summed E-state index contributed by atoms with van der Waals surface area (Å²) in [5, 5.41) is 0. The smallest absolute Gasteiger partial charge is 0.338 e. The van der Waals surface area contributed by atoms with Gasteiger partial charge in [-0.3, -0.25) is 4.79 Å². The number of halogens is 1. The summed E-state index contributed by atoms with van der Waals surface area (Å²) >= 11 is 0. The Kier molecular flexibility index (Phi) is 5.95. The van der Waals surface area contributed by atoms with E-state index >= 15 is 0 Å². The number of ether oxygens (including phenoxy) is 1. The quantitative estimate of drug-likeness (QED) is 0.457. The zero-order valence-electron chi connectivity index (χ0n) is 19.0. The summed E-state index contributed by atoms with van der Waals surface area (Å²) in [5.74, 6) is -1.75. The number of carbonyl (C=O) groups is 2. The number of Topliss-reactive ketones (excluding diaryl/α,β-unsaturated/α-hetero) is 1. The van der Waals surface area contributed by atoms with E-state index in [1.807, 2.05) is 0 Å². The Morgan fingerprint density at radius 2 is 1.76 bits per heavy atom. The largest absolute Gasteiger partial charge is 0.454 e. The lowest BCUT2D eigenvalue weighted by molar-refractivity contribution is 0.0474. The maximum absolute atomic E-state index is 13.5. The molecule has 0 amide bonds. The number of benzene rings is 2. The molecule has 2 aliphatic rings. The van der Waals surface area contributed by atoms with Gasteiger partial charge in [0.1, 0.15) is 5.82 Å². The lowest BCUT2D eigenvalue weighted by Gasteiger charge is -2.39. The van der Waals surface area contributed by atoms with Crippen molar-refractivity contribution < 1.29 is 27.1 Å². The van der Waals surface area contributed by atoms with Crippen LogP contribution in [-0.4, -0.2) is 43.7 Å². The zero-order chi connectivity index (χ0) is 24.0. The molecule has 0 spiro atoms. The molecule has 2 atom stereocenters. The third kappa shape index (κ3) is 4.87. The van der Waals surface area contributed by atoms with E-state index in [1.54, 1.807) is 4.31 Å². The number of nitrogens with zero attached hydrogens (tertiary/aromatic N) is 1. The van der Waals surface area contributed by atoms with Crippen LogP contribution >= 0.6 is 0 Å². The molecular weight excluding hydrogens is 445 g/mol. The highest BCUT2D eigenvalue weighted by Crippen LogP contribution is 2.53. The van der Waals surface area contributed by atoms with Crippen LogP contribution in [0.4, 0.5) is 4.39 Å². The minimum absolute atomic E-state index is 0.0377. The van der Waals surface area contributed by atoms with Gasteiger partial charge in [-0.1, -0.05) is 26.8 Å². The molecule has 1 aliphatic carbocycles. The van der Waals surface area contributed by atoms with Gasteiger partial charge in [0.2, 0.25) is 10.0 Å². The summed E-state index contributed by atoms with van der Waals surface area (Å²) in [7, 11) is -3.79. The monoisotopic (exact) mass is 473 g/mol. The van der Waals surface area contributed by atoms with Crippen molar-refractivity contribution in [1.82, 2.24) is 4.31 Å². The highest BCUT2D eigenvalue weighted by molar-refractivity contribution is 7.89. The fraction of sp³-hybridized carbons (Fsp3) is 0.440. The Bertz CT molecular complexity index is 1190. The minimum Gasteiger partial charge on any atom is -0.454 e. The topological polar surface area (TPSA) is 80.8 Å². The number of sulfonamides is 1. The fourth-order valence-electron chi connectivity index (χ4n) is 5.54. The van der Waals surface area contributed by atoms with Crippen LogP contribution in [0.25, 0.3) is 0 Å². The molecule has 1 heterocycles. The van der Waals surface area contributed by atoms with E-state index in [4.69, 9.17) is 4.74 Å². The third-order valence-electron chi connectivity index (χ3n) is 6.54. The van der Waals surface area contributed by atoms with Gasteiger partial charge in [0.15, 0.2) is 12.4 Å². The van der Waals surface area contributed by atoms with Crippen LogP contribution < -0.4 is 0 Å². The van der Waals surface area contributed by atoms with E-state index < -0.39 is 34.2 Å². The van der Waals surface area contributed by atoms with Crippen molar-refractivity contribution in [2.75, 3.05) is 13.2 Å². The fourth-order valence-corrected chi connectivity index (χ4v) is 7.36. The molecule has 1 aliphatic heterocycles. The van der Waals surface area contributed by atoms with E-state index in [0.29, 0.717) is 6.54 Å². The Morgan fingerprint density at radius 1 is 1.06 bits per heavy atom. The Balaban J connectivity index is 1.48. The molecule has 176 valence electrons. The van der Waals surface area contributed by atoms with Gasteiger partial charge in [0.05, 0.1) is 10.5 Å². The van der Waals surface area contributed by atoms with Crippen LogP contribution in [0.3, 0.4) is 0 Å². The molecule has 1 saturated carbocycles. The van der Waals surface area contributed by atoms with Crippen molar-refractivity contribution in [2.24, 2.45) is 10.8 Å². The summed E-state index contributed by atoms with van der Waals surface area (Å²) in [5.41, 5.74) is 0.287. The first kappa shape index (κ1) is 23.6. The second kappa shape index (κ2) is 8.33. The van der Waals surface area contributed by atoms with E-state index in [0.717, 1.165) is 31.4 Å². The average molecular weight is 474 g/mol. The predicted octanol–water partition coefficient (Wildman–Crippen LogP) is 4.45.